The van der Waals surface area contributed by atoms with Crippen molar-refractivity contribution >= 4 is 38.4 Å². The van der Waals surface area contributed by atoms with Crippen molar-refractivity contribution in [3.8, 4) is 17.0 Å². The van der Waals surface area contributed by atoms with Crippen LogP contribution < -0.4 is 10.1 Å². The Morgan fingerprint density at radius 2 is 1.90 bits per heavy atom. The van der Waals surface area contributed by atoms with Gasteiger partial charge in [-0.15, -0.1) is 0 Å². The van der Waals surface area contributed by atoms with Crippen LogP contribution in [0.4, 0.5) is 11.6 Å². The van der Waals surface area contributed by atoms with Gasteiger partial charge in [0.2, 0.25) is 11.8 Å². The van der Waals surface area contributed by atoms with Crippen molar-refractivity contribution in [1.82, 2.24) is 19.9 Å². The van der Waals surface area contributed by atoms with E-state index in [1.807, 2.05) is 25.1 Å². The van der Waals surface area contributed by atoms with Crippen LogP contribution in [0.25, 0.3) is 22.2 Å². The highest BCUT2D eigenvalue weighted by Crippen LogP contribution is 2.37. The van der Waals surface area contributed by atoms with E-state index in [1.165, 1.54) is 11.2 Å². The fraction of sp³-hybridized carbons (Fsp3) is 0.321. The van der Waals surface area contributed by atoms with Gasteiger partial charge in [0.05, 0.1) is 23.5 Å². The first kappa shape index (κ1) is 26.6. The molecule has 10 nitrogen and oxygen atoms in total. The molecule has 1 aliphatic heterocycles. The van der Waals surface area contributed by atoms with Gasteiger partial charge in [0.1, 0.15) is 11.8 Å². The molecule has 0 bridgehead atoms. The molecule has 1 aliphatic rings. The van der Waals surface area contributed by atoms with Gasteiger partial charge in [-0.05, 0) is 48.4 Å². The molecule has 0 atom stereocenters. The quantitative estimate of drug-likeness (QED) is 0.349. The number of H-pyrrole nitrogens is 1. The van der Waals surface area contributed by atoms with Crippen molar-refractivity contribution in [3.05, 3.63) is 59.8 Å². The number of ether oxygens (including phenoxy) is 2. The van der Waals surface area contributed by atoms with Gasteiger partial charge in [0, 0.05) is 56.2 Å². The smallest absolute Gasteiger partial charge is 0.253 e. The number of amides is 1. The van der Waals surface area contributed by atoms with Crippen LogP contribution in [0.3, 0.4) is 0 Å². The van der Waals surface area contributed by atoms with Crippen LogP contribution in [0.5, 0.6) is 5.88 Å². The molecule has 4 aromatic rings. The number of aromatic nitrogens is 3. The van der Waals surface area contributed by atoms with Crippen molar-refractivity contribution in [2.45, 2.75) is 30.8 Å². The summed E-state index contributed by atoms with van der Waals surface area (Å²) in [7, 11) is 0.0527. The Morgan fingerprint density at radius 1 is 1.13 bits per heavy atom. The third-order valence-electron chi connectivity index (χ3n) is 6.64. The number of carbonyl (C=O) groups is 1. The molecule has 204 valence electrons. The molecular formula is C28H31N5O5S. The molecule has 0 spiro atoms. The average molecular weight is 550 g/mol. The summed E-state index contributed by atoms with van der Waals surface area (Å²) in [6.07, 6.45) is 4.37. The SMILES string of the molecule is Cc1cc(C(=O)N(C)C)ccc1Nc1nc(OC2CCOCC2)c2c(-c3cccc(S(C)(=O)=O)c3)c[nH]c2n1. The number of aryl methyl sites for hydroxylation is 1. The number of aromatic amines is 1. The third-order valence-corrected chi connectivity index (χ3v) is 7.75. The summed E-state index contributed by atoms with van der Waals surface area (Å²) >= 11 is 0. The first-order valence-electron chi connectivity index (χ1n) is 12.6. The summed E-state index contributed by atoms with van der Waals surface area (Å²) in [5.41, 5.74) is 4.21. The first-order chi connectivity index (χ1) is 18.6. The Hall–Kier alpha value is -3.96. The molecule has 1 fully saturated rings. The number of carbonyl (C=O) groups excluding carboxylic acids is 1. The molecule has 1 saturated heterocycles. The molecule has 5 rings (SSSR count). The minimum Gasteiger partial charge on any atom is -0.474 e. The Labute approximate surface area is 227 Å². The number of fused-ring (bicyclic) bond motifs is 1. The second-order valence-electron chi connectivity index (χ2n) is 9.86. The predicted molar refractivity (Wildman–Crippen MR) is 149 cm³/mol. The van der Waals surface area contributed by atoms with E-state index in [0.29, 0.717) is 47.2 Å². The fourth-order valence-electron chi connectivity index (χ4n) is 4.53. The van der Waals surface area contributed by atoms with Crippen LogP contribution in [0.2, 0.25) is 0 Å². The molecule has 0 radical (unpaired) electrons. The van der Waals surface area contributed by atoms with E-state index in [9.17, 15) is 13.2 Å². The standard InChI is InChI=1S/C28H31N5O5S/c1-17-14-19(27(34)33(2)3)8-9-23(17)30-28-31-25-24(26(32-28)38-20-10-12-37-13-11-20)22(16-29-25)18-6-5-7-21(15-18)39(4,35)36/h5-9,14-16,20H,10-13H2,1-4H3,(H2,29,30,31,32). The average Bonchev–Trinajstić information content (AvgIpc) is 3.34. The lowest BCUT2D eigenvalue weighted by atomic mass is 10.1. The van der Waals surface area contributed by atoms with Crippen molar-refractivity contribution in [2.24, 2.45) is 0 Å². The molecule has 3 heterocycles. The third kappa shape index (κ3) is 5.74. The van der Waals surface area contributed by atoms with Gasteiger partial charge in [-0.25, -0.2) is 8.42 Å². The molecule has 2 aromatic carbocycles. The molecule has 0 saturated carbocycles. The lowest BCUT2D eigenvalue weighted by Crippen LogP contribution is -2.26. The van der Waals surface area contributed by atoms with Gasteiger partial charge in [-0.2, -0.15) is 9.97 Å². The number of anilines is 2. The lowest BCUT2D eigenvalue weighted by Gasteiger charge is -2.23. The van der Waals surface area contributed by atoms with E-state index in [0.717, 1.165) is 29.7 Å². The van der Waals surface area contributed by atoms with Crippen molar-refractivity contribution < 1.29 is 22.7 Å². The van der Waals surface area contributed by atoms with E-state index in [2.05, 4.69) is 10.3 Å². The lowest BCUT2D eigenvalue weighted by molar-refractivity contribution is 0.0244. The molecule has 0 aliphatic carbocycles. The second kappa shape index (κ2) is 10.7. The largest absolute Gasteiger partial charge is 0.474 e. The van der Waals surface area contributed by atoms with E-state index in [4.69, 9.17) is 19.4 Å². The summed E-state index contributed by atoms with van der Waals surface area (Å²) in [5.74, 6) is 0.651. The molecular weight excluding hydrogens is 518 g/mol. The Bertz CT molecular complexity index is 1640. The minimum absolute atomic E-state index is 0.0756. The fourth-order valence-corrected chi connectivity index (χ4v) is 5.20. The Morgan fingerprint density at radius 3 is 2.59 bits per heavy atom. The van der Waals surface area contributed by atoms with Crippen molar-refractivity contribution in [3.63, 3.8) is 0 Å². The summed E-state index contributed by atoms with van der Waals surface area (Å²) in [5, 5.41) is 3.93. The number of hydrogen-bond donors (Lipinski definition) is 2. The maximum absolute atomic E-state index is 12.4. The van der Waals surface area contributed by atoms with E-state index in [1.54, 1.807) is 44.6 Å². The zero-order valence-corrected chi connectivity index (χ0v) is 23.1. The molecule has 2 aromatic heterocycles. The molecule has 2 N–H and O–H groups in total. The first-order valence-corrected chi connectivity index (χ1v) is 14.5. The van der Waals surface area contributed by atoms with Crippen LogP contribution in [0, 0.1) is 6.92 Å². The maximum atomic E-state index is 12.4. The van der Waals surface area contributed by atoms with Gasteiger partial charge in [0.25, 0.3) is 5.91 Å². The van der Waals surface area contributed by atoms with Crippen molar-refractivity contribution in [2.75, 3.05) is 38.9 Å². The Balaban J connectivity index is 1.56. The summed E-state index contributed by atoms with van der Waals surface area (Å²) in [6.45, 7) is 3.13. The molecule has 11 heteroatoms. The Kier molecular flexibility index (Phi) is 7.28. The van der Waals surface area contributed by atoms with Crippen LogP contribution in [0.15, 0.2) is 53.6 Å². The maximum Gasteiger partial charge on any atom is 0.253 e. The monoisotopic (exact) mass is 549 g/mol. The topological polar surface area (TPSA) is 127 Å². The summed E-state index contributed by atoms with van der Waals surface area (Å²) in [6, 6.07) is 12.2. The number of nitrogens with zero attached hydrogens (tertiary/aromatic N) is 3. The number of rotatable bonds is 7. The number of benzene rings is 2. The highest BCUT2D eigenvalue weighted by atomic mass is 32.2. The van der Waals surface area contributed by atoms with Crippen LogP contribution in [-0.2, 0) is 14.6 Å². The van der Waals surface area contributed by atoms with Gasteiger partial charge in [-0.3, -0.25) is 4.79 Å². The normalized spacial score (nSPS) is 14.4. The predicted octanol–water partition coefficient (Wildman–Crippen LogP) is 4.34. The molecule has 1 amide bonds. The number of sulfone groups is 1. The minimum atomic E-state index is -3.38. The van der Waals surface area contributed by atoms with E-state index >= 15 is 0 Å². The number of hydrogen-bond acceptors (Lipinski definition) is 8. The number of nitrogens with one attached hydrogen (secondary N) is 2. The highest BCUT2D eigenvalue weighted by molar-refractivity contribution is 7.90. The van der Waals surface area contributed by atoms with E-state index in [-0.39, 0.29) is 16.9 Å². The van der Waals surface area contributed by atoms with Gasteiger partial charge < -0.3 is 24.7 Å². The zero-order valence-electron chi connectivity index (χ0n) is 22.3. The van der Waals surface area contributed by atoms with Gasteiger partial charge >= 0.3 is 0 Å². The second-order valence-corrected chi connectivity index (χ2v) is 11.9. The van der Waals surface area contributed by atoms with Crippen LogP contribution in [0.1, 0.15) is 28.8 Å². The van der Waals surface area contributed by atoms with Crippen LogP contribution >= 0.6 is 0 Å². The highest BCUT2D eigenvalue weighted by Gasteiger charge is 2.22. The van der Waals surface area contributed by atoms with E-state index < -0.39 is 9.84 Å². The van der Waals surface area contributed by atoms with Crippen molar-refractivity contribution in [1.29, 1.82) is 0 Å². The van der Waals surface area contributed by atoms with Crippen LogP contribution in [-0.4, -0.2) is 73.8 Å². The summed E-state index contributed by atoms with van der Waals surface area (Å²) in [4.78, 5) is 26.8. The van der Waals surface area contributed by atoms with Gasteiger partial charge in [-0.1, -0.05) is 12.1 Å². The molecule has 0 unspecified atom stereocenters. The summed E-state index contributed by atoms with van der Waals surface area (Å²) < 4.78 is 36.3. The van der Waals surface area contributed by atoms with Gasteiger partial charge in [0.15, 0.2) is 9.84 Å². The zero-order chi connectivity index (χ0) is 27.7. The molecule has 39 heavy (non-hydrogen) atoms.